The summed E-state index contributed by atoms with van der Waals surface area (Å²) in [6.45, 7) is 4.89. The van der Waals surface area contributed by atoms with Gasteiger partial charge < -0.3 is 15.4 Å². The number of rotatable bonds is 9. The van der Waals surface area contributed by atoms with Gasteiger partial charge in [-0.1, -0.05) is 19.1 Å². The second kappa shape index (κ2) is 11.9. The standard InChI is InChI=1S/C28H31F2N7O3S/c1-3-18-12-19(21-6-4-7-23(24(21)30)36-41(38,39)11-5-8-29)13-22-25(18)34-26(20-14-32-28(31)33-15-20)35-27(22)37-9-10-40-16-17(37)2/h4,6-7,12-15,17,36H,3,5,8-11,16H2,1-2H3,(H2,31,32,33)/t17-/m1/s1. The summed E-state index contributed by atoms with van der Waals surface area (Å²) in [6, 6.07) is 8.21. The summed E-state index contributed by atoms with van der Waals surface area (Å²) < 4.78 is 61.0. The van der Waals surface area contributed by atoms with E-state index in [1.807, 2.05) is 26.0 Å². The lowest BCUT2D eigenvalue weighted by Crippen LogP contribution is -2.44. The van der Waals surface area contributed by atoms with E-state index in [1.54, 1.807) is 24.5 Å². The van der Waals surface area contributed by atoms with Crippen molar-refractivity contribution in [3.8, 4) is 22.5 Å². The van der Waals surface area contributed by atoms with Crippen molar-refractivity contribution >= 4 is 38.4 Å². The van der Waals surface area contributed by atoms with Crippen LogP contribution in [0.25, 0.3) is 33.4 Å². The topological polar surface area (TPSA) is 136 Å². The highest BCUT2D eigenvalue weighted by molar-refractivity contribution is 7.92. The molecule has 1 aliphatic rings. The molecule has 13 heteroatoms. The first-order valence-corrected chi connectivity index (χ1v) is 15.0. The summed E-state index contributed by atoms with van der Waals surface area (Å²) in [6.07, 6.45) is 3.57. The minimum Gasteiger partial charge on any atom is -0.377 e. The Labute approximate surface area is 237 Å². The van der Waals surface area contributed by atoms with Gasteiger partial charge in [0.15, 0.2) is 11.6 Å². The third kappa shape index (κ3) is 6.05. The lowest BCUT2D eigenvalue weighted by atomic mass is 9.97. The Bertz CT molecular complexity index is 1670. The number of morpholine rings is 1. The lowest BCUT2D eigenvalue weighted by molar-refractivity contribution is 0.0987. The van der Waals surface area contributed by atoms with E-state index in [-0.39, 0.29) is 29.7 Å². The molecule has 1 atom stereocenters. The van der Waals surface area contributed by atoms with Crippen molar-refractivity contribution in [1.29, 1.82) is 0 Å². The van der Waals surface area contributed by atoms with E-state index < -0.39 is 28.3 Å². The Balaban J connectivity index is 1.68. The second-order valence-electron chi connectivity index (χ2n) is 9.83. The van der Waals surface area contributed by atoms with Crippen LogP contribution in [-0.4, -0.2) is 66.6 Å². The van der Waals surface area contributed by atoms with Gasteiger partial charge in [-0.25, -0.2) is 32.7 Å². The van der Waals surface area contributed by atoms with Gasteiger partial charge in [-0.2, -0.15) is 0 Å². The summed E-state index contributed by atoms with van der Waals surface area (Å²) in [5.41, 5.74) is 8.41. The molecule has 0 radical (unpaired) electrons. The van der Waals surface area contributed by atoms with Gasteiger partial charge in [-0.05, 0) is 49.1 Å². The molecule has 10 nitrogen and oxygen atoms in total. The highest BCUT2D eigenvalue weighted by Gasteiger charge is 2.25. The van der Waals surface area contributed by atoms with Gasteiger partial charge in [-0.3, -0.25) is 9.11 Å². The van der Waals surface area contributed by atoms with E-state index in [0.29, 0.717) is 54.5 Å². The van der Waals surface area contributed by atoms with E-state index in [1.165, 1.54) is 6.07 Å². The number of nitrogens with zero attached hydrogens (tertiary/aromatic N) is 5. The SMILES string of the molecule is CCc1cc(-c2cccc(NS(=O)(=O)CCCF)c2F)cc2c(N3CCOC[C@H]3C)nc(-c3cnc(N)nc3)nc12. The number of nitrogen functional groups attached to an aromatic ring is 1. The van der Waals surface area contributed by atoms with Crippen molar-refractivity contribution in [3.63, 3.8) is 0 Å². The molecule has 41 heavy (non-hydrogen) atoms. The molecular weight excluding hydrogens is 552 g/mol. The molecule has 0 aliphatic carbocycles. The molecule has 0 spiro atoms. The first-order chi connectivity index (χ1) is 19.7. The van der Waals surface area contributed by atoms with Gasteiger partial charge in [0.1, 0.15) is 5.82 Å². The highest BCUT2D eigenvalue weighted by Crippen LogP contribution is 2.37. The highest BCUT2D eigenvalue weighted by atomic mass is 32.2. The minimum atomic E-state index is -3.91. The number of fused-ring (bicyclic) bond motifs is 1. The van der Waals surface area contributed by atoms with Crippen LogP contribution in [0.1, 0.15) is 25.8 Å². The normalized spacial score (nSPS) is 15.8. The first kappa shape index (κ1) is 28.6. The van der Waals surface area contributed by atoms with Crippen molar-refractivity contribution in [3.05, 3.63) is 54.1 Å². The summed E-state index contributed by atoms with van der Waals surface area (Å²) in [5.74, 6) is 0.0744. The van der Waals surface area contributed by atoms with Crippen LogP contribution >= 0.6 is 0 Å². The lowest BCUT2D eigenvalue weighted by Gasteiger charge is -2.35. The number of nitrogens with one attached hydrogen (secondary N) is 1. The second-order valence-corrected chi connectivity index (χ2v) is 11.7. The molecule has 3 heterocycles. The van der Waals surface area contributed by atoms with E-state index in [0.717, 1.165) is 10.9 Å². The zero-order chi connectivity index (χ0) is 29.1. The van der Waals surface area contributed by atoms with Crippen LogP contribution < -0.4 is 15.4 Å². The molecule has 1 saturated heterocycles. The maximum Gasteiger partial charge on any atom is 0.232 e. The number of nitrogens with two attached hydrogens (primary N) is 1. The molecule has 2 aromatic carbocycles. The smallest absolute Gasteiger partial charge is 0.232 e. The van der Waals surface area contributed by atoms with E-state index in [9.17, 15) is 12.8 Å². The molecule has 5 rings (SSSR count). The predicted molar refractivity (Wildman–Crippen MR) is 155 cm³/mol. The van der Waals surface area contributed by atoms with Gasteiger partial charge in [0.05, 0.1) is 48.5 Å². The molecule has 3 N–H and O–H groups in total. The molecule has 1 aliphatic heterocycles. The van der Waals surface area contributed by atoms with Crippen LogP contribution in [0, 0.1) is 5.82 Å². The average Bonchev–Trinajstić information content (AvgIpc) is 2.97. The summed E-state index contributed by atoms with van der Waals surface area (Å²) in [4.78, 5) is 20.1. The Hall–Kier alpha value is -3.97. The molecule has 0 amide bonds. The van der Waals surface area contributed by atoms with Crippen LogP contribution in [0.2, 0.25) is 0 Å². The van der Waals surface area contributed by atoms with Crippen molar-refractivity contribution in [2.24, 2.45) is 0 Å². The Morgan fingerprint density at radius 2 is 1.95 bits per heavy atom. The summed E-state index contributed by atoms with van der Waals surface area (Å²) >= 11 is 0. The zero-order valence-electron chi connectivity index (χ0n) is 22.8. The number of sulfonamides is 1. The monoisotopic (exact) mass is 583 g/mol. The van der Waals surface area contributed by atoms with E-state index in [2.05, 4.69) is 19.6 Å². The third-order valence-corrected chi connectivity index (χ3v) is 8.29. The summed E-state index contributed by atoms with van der Waals surface area (Å²) in [5, 5.41) is 0.724. The van der Waals surface area contributed by atoms with Crippen molar-refractivity contribution in [2.45, 2.75) is 32.7 Å². The van der Waals surface area contributed by atoms with Gasteiger partial charge >= 0.3 is 0 Å². The van der Waals surface area contributed by atoms with Crippen molar-refractivity contribution in [2.75, 3.05) is 47.5 Å². The van der Waals surface area contributed by atoms with E-state index >= 15 is 4.39 Å². The molecule has 2 aromatic heterocycles. The maximum absolute atomic E-state index is 15.8. The first-order valence-electron chi connectivity index (χ1n) is 13.3. The number of ether oxygens (including phenoxy) is 1. The van der Waals surface area contributed by atoms with Crippen LogP contribution in [0.4, 0.5) is 26.2 Å². The molecule has 0 unspecified atom stereocenters. The number of aromatic nitrogens is 4. The number of anilines is 3. The van der Waals surface area contributed by atoms with Crippen LogP contribution in [0.5, 0.6) is 0 Å². The van der Waals surface area contributed by atoms with Crippen LogP contribution in [-0.2, 0) is 21.2 Å². The number of aryl methyl sites for hydroxylation is 1. The van der Waals surface area contributed by atoms with Crippen molar-refractivity contribution in [1.82, 2.24) is 19.9 Å². The Morgan fingerprint density at radius 1 is 1.17 bits per heavy atom. The third-order valence-electron chi connectivity index (χ3n) is 6.93. The number of halogens is 2. The number of alkyl halides is 1. The Kier molecular flexibility index (Phi) is 8.27. The maximum atomic E-state index is 15.8. The minimum absolute atomic E-state index is 0.0184. The van der Waals surface area contributed by atoms with Crippen LogP contribution in [0.15, 0.2) is 42.7 Å². The summed E-state index contributed by atoms with van der Waals surface area (Å²) in [7, 11) is -3.91. The molecule has 216 valence electrons. The fourth-order valence-corrected chi connectivity index (χ4v) is 5.94. The fourth-order valence-electron chi connectivity index (χ4n) is 4.85. The zero-order valence-corrected chi connectivity index (χ0v) is 23.6. The average molecular weight is 584 g/mol. The van der Waals surface area contributed by atoms with Gasteiger partial charge in [0.25, 0.3) is 0 Å². The quantitative estimate of drug-likeness (QED) is 0.294. The van der Waals surface area contributed by atoms with Gasteiger partial charge in [-0.15, -0.1) is 0 Å². The molecular formula is C28H31F2N7O3S. The Morgan fingerprint density at radius 3 is 2.66 bits per heavy atom. The van der Waals surface area contributed by atoms with Crippen molar-refractivity contribution < 1.29 is 21.9 Å². The van der Waals surface area contributed by atoms with Crippen LogP contribution in [0.3, 0.4) is 0 Å². The van der Waals surface area contributed by atoms with E-state index in [4.69, 9.17) is 20.4 Å². The molecule has 1 fully saturated rings. The fraction of sp³-hybridized carbons (Fsp3) is 0.357. The predicted octanol–water partition coefficient (Wildman–Crippen LogP) is 4.36. The molecule has 0 bridgehead atoms. The largest absolute Gasteiger partial charge is 0.377 e. The number of hydrogen-bond donors (Lipinski definition) is 2. The number of hydrogen-bond acceptors (Lipinski definition) is 9. The molecule has 0 saturated carbocycles. The molecule has 4 aromatic rings. The number of benzene rings is 2. The van der Waals surface area contributed by atoms with Gasteiger partial charge in [0.2, 0.25) is 16.0 Å². The van der Waals surface area contributed by atoms with Gasteiger partial charge in [0, 0.05) is 29.9 Å².